The van der Waals surface area contributed by atoms with E-state index in [-0.39, 0.29) is 22.6 Å². The summed E-state index contributed by atoms with van der Waals surface area (Å²) >= 11 is 0. The number of nitrogens with one attached hydrogen (secondary N) is 1. The van der Waals surface area contributed by atoms with Crippen LogP contribution in [0, 0.1) is 17.0 Å². The van der Waals surface area contributed by atoms with Crippen LogP contribution in [0.15, 0.2) is 42.5 Å². The number of ketones is 1. The van der Waals surface area contributed by atoms with Crippen molar-refractivity contribution in [3.05, 3.63) is 75.0 Å². The lowest BCUT2D eigenvalue weighted by atomic mass is 10.1. The molecule has 134 valence electrons. The topological polar surface area (TPSA) is 113 Å². The Kier molecular flexibility index (Phi) is 3.62. The number of fused-ring (bicyclic) bond motifs is 2. The number of para-hydroxylation sites is 1. The van der Waals surface area contributed by atoms with E-state index in [2.05, 4.69) is 4.98 Å². The van der Waals surface area contributed by atoms with Gasteiger partial charge in [-0.05, 0) is 19.1 Å². The molecule has 0 saturated heterocycles. The molecule has 0 saturated carbocycles. The molecule has 4 rings (SSSR count). The third kappa shape index (κ3) is 2.50. The van der Waals surface area contributed by atoms with E-state index in [1.165, 1.54) is 12.1 Å². The van der Waals surface area contributed by atoms with Crippen molar-refractivity contribution in [2.24, 2.45) is 0 Å². The lowest BCUT2D eigenvalue weighted by molar-refractivity contribution is -0.384. The molecular formula is C19H13N3O5. The van der Waals surface area contributed by atoms with Crippen molar-refractivity contribution in [3.63, 3.8) is 0 Å². The Morgan fingerprint density at radius 1 is 1.11 bits per heavy atom. The van der Waals surface area contributed by atoms with Gasteiger partial charge in [-0.3, -0.25) is 29.4 Å². The second kappa shape index (κ2) is 5.87. The Bertz CT molecular complexity index is 1160. The molecule has 0 bridgehead atoms. The molecule has 3 aromatic rings. The first-order valence-corrected chi connectivity index (χ1v) is 8.13. The minimum Gasteiger partial charge on any atom is -0.358 e. The summed E-state index contributed by atoms with van der Waals surface area (Å²) in [5.41, 5.74) is 1.58. The monoisotopic (exact) mass is 363 g/mol. The molecule has 1 aliphatic heterocycles. The quantitative estimate of drug-likeness (QED) is 0.331. The number of benzene rings is 2. The molecular weight excluding hydrogens is 350 g/mol. The largest absolute Gasteiger partial charge is 0.358 e. The summed E-state index contributed by atoms with van der Waals surface area (Å²) in [4.78, 5) is 52.1. The summed E-state index contributed by atoms with van der Waals surface area (Å²) in [7, 11) is 0. The molecule has 1 N–H and O–H groups in total. The van der Waals surface area contributed by atoms with Gasteiger partial charge in [-0.15, -0.1) is 0 Å². The first-order chi connectivity index (χ1) is 12.9. The molecule has 27 heavy (non-hydrogen) atoms. The van der Waals surface area contributed by atoms with E-state index in [1.807, 2.05) is 12.1 Å². The molecule has 8 nitrogen and oxygen atoms in total. The molecule has 2 amide bonds. The second-order valence-electron chi connectivity index (χ2n) is 6.28. The lowest BCUT2D eigenvalue weighted by Crippen LogP contribution is -2.35. The summed E-state index contributed by atoms with van der Waals surface area (Å²) in [6.07, 6.45) is 0. The first kappa shape index (κ1) is 16.6. The van der Waals surface area contributed by atoms with Gasteiger partial charge in [0.05, 0.1) is 22.6 Å². The van der Waals surface area contributed by atoms with Crippen molar-refractivity contribution in [1.29, 1.82) is 0 Å². The van der Waals surface area contributed by atoms with E-state index < -0.39 is 23.3 Å². The average Bonchev–Trinajstić information content (AvgIpc) is 3.10. The van der Waals surface area contributed by atoms with E-state index in [9.17, 15) is 24.5 Å². The molecule has 2 heterocycles. The van der Waals surface area contributed by atoms with Crippen LogP contribution in [0.1, 0.15) is 36.8 Å². The number of aryl methyl sites for hydroxylation is 1. The summed E-state index contributed by atoms with van der Waals surface area (Å²) in [6, 6.07) is 10.7. The number of hydrogen-bond acceptors (Lipinski definition) is 5. The molecule has 2 aromatic carbocycles. The van der Waals surface area contributed by atoms with Crippen LogP contribution in [0.5, 0.6) is 0 Å². The highest BCUT2D eigenvalue weighted by Crippen LogP contribution is 2.28. The maximum atomic E-state index is 12.8. The highest BCUT2D eigenvalue weighted by atomic mass is 16.6. The Morgan fingerprint density at radius 3 is 2.56 bits per heavy atom. The smallest absolute Gasteiger partial charge is 0.270 e. The van der Waals surface area contributed by atoms with E-state index in [4.69, 9.17) is 0 Å². The summed E-state index contributed by atoms with van der Waals surface area (Å²) in [5.74, 6) is -1.71. The maximum absolute atomic E-state index is 12.8. The van der Waals surface area contributed by atoms with Gasteiger partial charge in [-0.1, -0.05) is 18.2 Å². The third-order valence-electron chi connectivity index (χ3n) is 4.64. The SMILES string of the molecule is Cc1[nH]c2ccccc2c1C(=O)CN1C(=O)c2ccc([N+](=O)[O-])cc2C1=O. The molecule has 8 heteroatoms. The van der Waals surface area contributed by atoms with Crippen LogP contribution < -0.4 is 0 Å². The Morgan fingerprint density at radius 2 is 1.81 bits per heavy atom. The lowest BCUT2D eigenvalue weighted by Gasteiger charge is -2.12. The summed E-state index contributed by atoms with van der Waals surface area (Å²) in [5, 5.41) is 11.6. The standard InChI is InChI=1S/C19H13N3O5/c1-10-17(13-4-2-3-5-15(13)20-10)16(23)9-21-18(24)12-7-6-11(22(26)27)8-14(12)19(21)25/h2-8,20H,9H2,1H3. The number of hydrogen-bond donors (Lipinski definition) is 1. The van der Waals surface area contributed by atoms with Crippen LogP contribution in [-0.4, -0.2) is 38.9 Å². The fraction of sp³-hybridized carbons (Fsp3) is 0.105. The summed E-state index contributed by atoms with van der Waals surface area (Å²) < 4.78 is 0. The molecule has 1 aliphatic rings. The van der Waals surface area contributed by atoms with Gasteiger partial charge in [0, 0.05) is 34.3 Å². The van der Waals surface area contributed by atoms with Gasteiger partial charge in [-0.25, -0.2) is 0 Å². The predicted octanol–water partition coefficient (Wildman–Crippen LogP) is 2.86. The summed E-state index contributed by atoms with van der Waals surface area (Å²) in [6.45, 7) is 1.32. The number of Topliss-reactive ketones (excluding diaryl/α,β-unsaturated/α-hetero) is 1. The van der Waals surface area contributed by atoms with Gasteiger partial charge in [0.15, 0.2) is 5.78 Å². The maximum Gasteiger partial charge on any atom is 0.270 e. The van der Waals surface area contributed by atoms with E-state index in [0.717, 1.165) is 16.5 Å². The van der Waals surface area contributed by atoms with Crippen molar-refractivity contribution >= 4 is 34.2 Å². The molecule has 1 aromatic heterocycles. The normalized spacial score (nSPS) is 13.3. The number of aromatic amines is 1. The van der Waals surface area contributed by atoms with Crippen molar-refractivity contribution in [1.82, 2.24) is 9.88 Å². The van der Waals surface area contributed by atoms with Gasteiger partial charge in [-0.2, -0.15) is 0 Å². The van der Waals surface area contributed by atoms with Crippen LogP contribution in [0.3, 0.4) is 0 Å². The number of aromatic nitrogens is 1. The van der Waals surface area contributed by atoms with Gasteiger partial charge < -0.3 is 4.98 Å². The van der Waals surface area contributed by atoms with Crippen LogP contribution in [-0.2, 0) is 0 Å². The minimum absolute atomic E-state index is 0.0577. The van der Waals surface area contributed by atoms with Gasteiger partial charge in [0.1, 0.15) is 0 Å². The number of nitro groups is 1. The molecule has 0 unspecified atom stereocenters. The number of non-ortho nitro benzene ring substituents is 1. The Labute approximate surface area is 152 Å². The highest BCUT2D eigenvalue weighted by molar-refractivity contribution is 6.24. The molecule has 0 aliphatic carbocycles. The molecule has 0 spiro atoms. The Balaban J connectivity index is 1.67. The van der Waals surface area contributed by atoms with Crippen molar-refractivity contribution in [3.8, 4) is 0 Å². The van der Waals surface area contributed by atoms with E-state index in [1.54, 1.807) is 19.1 Å². The fourth-order valence-corrected chi connectivity index (χ4v) is 3.39. The highest BCUT2D eigenvalue weighted by Gasteiger charge is 2.38. The fourth-order valence-electron chi connectivity index (χ4n) is 3.39. The van der Waals surface area contributed by atoms with Gasteiger partial charge >= 0.3 is 0 Å². The van der Waals surface area contributed by atoms with Crippen molar-refractivity contribution < 1.29 is 19.3 Å². The van der Waals surface area contributed by atoms with E-state index in [0.29, 0.717) is 16.6 Å². The first-order valence-electron chi connectivity index (χ1n) is 8.13. The van der Waals surface area contributed by atoms with Crippen LogP contribution in [0.2, 0.25) is 0 Å². The van der Waals surface area contributed by atoms with Crippen LogP contribution in [0.4, 0.5) is 5.69 Å². The zero-order valence-electron chi connectivity index (χ0n) is 14.2. The zero-order valence-corrected chi connectivity index (χ0v) is 14.2. The predicted molar refractivity (Wildman–Crippen MR) is 95.8 cm³/mol. The number of nitro benzene ring substituents is 1. The van der Waals surface area contributed by atoms with Crippen molar-refractivity contribution in [2.45, 2.75) is 6.92 Å². The number of H-pyrrole nitrogens is 1. The molecule has 0 radical (unpaired) electrons. The van der Waals surface area contributed by atoms with Crippen molar-refractivity contribution in [2.75, 3.05) is 6.54 Å². The van der Waals surface area contributed by atoms with Gasteiger partial charge in [0.2, 0.25) is 0 Å². The number of rotatable bonds is 4. The number of carbonyl (C=O) groups excluding carboxylic acids is 3. The van der Waals surface area contributed by atoms with Crippen LogP contribution >= 0.6 is 0 Å². The van der Waals surface area contributed by atoms with E-state index >= 15 is 0 Å². The zero-order chi connectivity index (χ0) is 19.3. The number of amides is 2. The van der Waals surface area contributed by atoms with Gasteiger partial charge in [0.25, 0.3) is 17.5 Å². The second-order valence-corrected chi connectivity index (χ2v) is 6.28. The Hall–Kier alpha value is -3.81. The number of imide groups is 1. The number of carbonyl (C=O) groups is 3. The average molecular weight is 363 g/mol. The number of nitrogens with zero attached hydrogens (tertiary/aromatic N) is 2. The van der Waals surface area contributed by atoms with Crippen LogP contribution in [0.25, 0.3) is 10.9 Å². The molecule has 0 fully saturated rings. The minimum atomic E-state index is -0.704. The molecule has 0 atom stereocenters. The third-order valence-corrected chi connectivity index (χ3v) is 4.64.